The molecular formula is C35H25N2OP. The molecule has 0 bridgehead atoms. The molecule has 7 aromatic rings. The predicted octanol–water partition coefficient (Wildman–Crippen LogP) is 7.46. The number of pyridine rings is 1. The van der Waals surface area contributed by atoms with Crippen molar-refractivity contribution in [3.05, 3.63) is 152 Å². The summed E-state index contributed by atoms with van der Waals surface area (Å²) in [6.45, 7) is 0. The van der Waals surface area contributed by atoms with Gasteiger partial charge in [0.2, 0.25) is 0 Å². The van der Waals surface area contributed by atoms with Gasteiger partial charge in [-0.15, -0.1) is 0 Å². The maximum absolute atomic E-state index is 14.6. The molecule has 0 unspecified atom stereocenters. The monoisotopic (exact) mass is 520 g/mol. The van der Waals surface area contributed by atoms with Gasteiger partial charge in [0.1, 0.15) is 0 Å². The van der Waals surface area contributed by atoms with Crippen molar-refractivity contribution in [1.82, 2.24) is 9.61 Å². The van der Waals surface area contributed by atoms with Crippen LogP contribution >= 0.6 is 7.14 Å². The van der Waals surface area contributed by atoms with Gasteiger partial charge in [0.25, 0.3) is 0 Å². The summed E-state index contributed by atoms with van der Waals surface area (Å²) >= 11 is 0. The van der Waals surface area contributed by atoms with Gasteiger partial charge in [0.15, 0.2) is 7.14 Å². The number of nitrogens with zero attached hydrogens (tertiary/aromatic N) is 2. The SMILES string of the molecule is O=P(c1ccccc1)(c1ccccc1)c1ccc(-c2ccc(-c3cc4ccc5ccccc5n4n3)cc2)cc1. The second-order valence-electron chi connectivity index (χ2n) is 9.66. The third kappa shape index (κ3) is 4.09. The normalized spacial score (nSPS) is 11.7. The first-order valence-corrected chi connectivity index (χ1v) is 14.7. The fourth-order valence-electron chi connectivity index (χ4n) is 5.27. The van der Waals surface area contributed by atoms with Gasteiger partial charge in [-0.1, -0.05) is 133 Å². The Hall–Kier alpha value is -4.72. The van der Waals surface area contributed by atoms with E-state index in [4.69, 9.17) is 5.10 Å². The van der Waals surface area contributed by atoms with Gasteiger partial charge in [-0.05, 0) is 29.3 Å². The second-order valence-corrected chi connectivity index (χ2v) is 12.4. The van der Waals surface area contributed by atoms with Gasteiger partial charge in [-0.25, -0.2) is 4.52 Å². The number of hydrogen-bond acceptors (Lipinski definition) is 2. The van der Waals surface area contributed by atoms with Gasteiger partial charge < -0.3 is 4.57 Å². The Balaban J connectivity index is 1.22. The van der Waals surface area contributed by atoms with E-state index in [1.54, 1.807) is 0 Å². The first kappa shape index (κ1) is 23.4. The topological polar surface area (TPSA) is 34.4 Å². The summed E-state index contributed by atoms with van der Waals surface area (Å²) in [5.41, 5.74) is 6.37. The Bertz CT molecular complexity index is 1920. The van der Waals surface area contributed by atoms with Crippen LogP contribution in [0, 0.1) is 0 Å². The number of para-hydroxylation sites is 1. The number of fused-ring (bicyclic) bond motifs is 3. The average Bonchev–Trinajstić information content (AvgIpc) is 3.47. The molecule has 0 aliphatic carbocycles. The minimum atomic E-state index is -2.98. The van der Waals surface area contributed by atoms with Crippen LogP contribution in [0.1, 0.15) is 0 Å². The van der Waals surface area contributed by atoms with E-state index in [9.17, 15) is 4.57 Å². The Kier molecular flexibility index (Phi) is 5.73. The third-order valence-corrected chi connectivity index (χ3v) is 10.4. The molecule has 0 saturated heterocycles. The van der Waals surface area contributed by atoms with Gasteiger partial charge in [0, 0.05) is 26.9 Å². The van der Waals surface area contributed by atoms with Crippen molar-refractivity contribution >= 4 is 39.5 Å². The van der Waals surface area contributed by atoms with E-state index in [-0.39, 0.29) is 0 Å². The zero-order valence-corrected chi connectivity index (χ0v) is 22.1. The number of hydrogen-bond donors (Lipinski definition) is 0. The smallest absolute Gasteiger partial charge is 0.171 e. The highest BCUT2D eigenvalue weighted by atomic mass is 31.2. The van der Waals surface area contributed by atoms with Gasteiger partial charge >= 0.3 is 0 Å². The molecule has 5 aromatic carbocycles. The van der Waals surface area contributed by atoms with Crippen LogP contribution < -0.4 is 15.9 Å². The molecule has 0 saturated carbocycles. The summed E-state index contributed by atoms with van der Waals surface area (Å²) in [7, 11) is -2.98. The average molecular weight is 521 g/mol. The van der Waals surface area contributed by atoms with Crippen LogP contribution in [0.4, 0.5) is 0 Å². The van der Waals surface area contributed by atoms with Crippen LogP contribution in [0.3, 0.4) is 0 Å². The van der Waals surface area contributed by atoms with Crippen LogP contribution in [0.5, 0.6) is 0 Å². The van der Waals surface area contributed by atoms with E-state index in [0.29, 0.717) is 0 Å². The molecular weight excluding hydrogens is 495 g/mol. The minimum Gasteiger partial charge on any atom is -0.309 e. The van der Waals surface area contributed by atoms with Crippen molar-refractivity contribution < 1.29 is 4.57 Å². The predicted molar refractivity (Wildman–Crippen MR) is 163 cm³/mol. The largest absolute Gasteiger partial charge is 0.309 e. The fraction of sp³-hybridized carbons (Fsp3) is 0. The second kappa shape index (κ2) is 9.54. The highest BCUT2D eigenvalue weighted by Crippen LogP contribution is 2.42. The summed E-state index contributed by atoms with van der Waals surface area (Å²) < 4.78 is 16.6. The standard InChI is InChI=1S/C35H25N2OP/c38-39(31-10-3-1-4-11-31,32-12-5-2-6-13-32)33-23-20-27(21-24-33)26-15-17-28(18-16-26)34-25-30-22-19-29-9-7-8-14-35(29)37(30)36-34/h1-25H. The van der Waals surface area contributed by atoms with Crippen molar-refractivity contribution in [2.45, 2.75) is 0 Å². The van der Waals surface area contributed by atoms with Crippen LogP contribution in [-0.4, -0.2) is 9.61 Å². The van der Waals surface area contributed by atoms with Gasteiger partial charge in [0.05, 0.1) is 16.7 Å². The lowest BCUT2D eigenvalue weighted by Crippen LogP contribution is -2.24. The number of rotatable bonds is 5. The Morgan fingerprint density at radius 3 is 1.64 bits per heavy atom. The molecule has 4 heteroatoms. The lowest BCUT2D eigenvalue weighted by molar-refractivity contribution is 0.592. The zero-order chi connectivity index (χ0) is 26.2. The molecule has 186 valence electrons. The van der Waals surface area contributed by atoms with Gasteiger partial charge in [-0.3, -0.25) is 0 Å². The minimum absolute atomic E-state index is 0.831. The summed E-state index contributed by atoms with van der Waals surface area (Å²) in [4.78, 5) is 0. The first-order chi connectivity index (χ1) is 19.2. The van der Waals surface area contributed by atoms with E-state index in [0.717, 1.165) is 49.3 Å². The highest BCUT2D eigenvalue weighted by molar-refractivity contribution is 7.85. The molecule has 0 aliphatic rings. The lowest BCUT2D eigenvalue weighted by Gasteiger charge is -2.20. The Morgan fingerprint density at radius 1 is 0.487 bits per heavy atom. The molecule has 7 rings (SSSR count). The molecule has 2 aromatic heterocycles. The summed E-state index contributed by atoms with van der Waals surface area (Å²) in [5, 5.41) is 8.58. The molecule has 0 atom stereocenters. The third-order valence-electron chi connectivity index (χ3n) is 7.32. The van der Waals surface area contributed by atoms with Crippen LogP contribution in [0.25, 0.3) is 38.8 Å². The van der Waals surface area contributed by atoms with Crippen molar-refractivity contribution in [3.63, 3.8) is 0 Å². The summed E-state index contributed by atoms with van der Waals surface area (Å²) in [6, 6.07) is 50.9. The zero-order valence-electron chi connectivity index (χ0n) is 21.2. The maximum Gasteiger partial charge on any atom is 0.171 e. The maximum atomic E-state index is 14.6. The molecule has 3 nitrogen and oxygen atoms in total. The molecule has 0 aliphatic heterocycles. The van der Waals surface area contributed by atoms with Crippen LogP contribution in [0.2, 0.25) is 0 Å². The van der Waals surface area contributed by atoms with E-state index in [1.807, 2.05) is 89.4 Å². The summed E-state index contributed by atoms with van der Waals surface area (Å²) in [6.07, 6.45) is 0. The fourth-order valence-corrected chi connectivity index (χ4v) is 7.91. The first-order valence-electron chi connectivity index (χ1n) is 13.0. The molecule has 0 fully saturated rings. The lowest BCUT2D eigenvalue weighted by atomic mass is 10.0. The number of aromatic nitrogens is 2. The quantitative estimate of drug-likeness (QED) is 0.221. The molecule has 0 spiro atoms. The highest BCUT2D eigenvalue weighted by Gasteiger charge is 2.29. The number of benzene rings is 5. The molecule has 39 heavy (non-hydrogen) atoms. The van der Waals surface area contributed by atoms with Crippen molar-refractivity contribution in [1.29, 1.82) is 0 Å². The Morgan fingerprint density at radius 2 is 1.00 bits per heavy atom. The van der Waals surface area contributed by atoms with Crippen molar-refractivity contribution in [3.8, 4) is 22.4 Å². The van der Waals surface area contributed by atoms with Crippen LogP contribution in [-0.2, 0) is 4.57 Å². The van der Waals surface area contributed by atoms with Crippen molar-refractivity contribution in [2.75, 3.05) is 0 Å². The summed E-state index contributed by atoms with van der Waals surface area (Å²) in [5.74, 6) is 0. The van der Waals surface area contributed by atoms with E-state index >= 15 is 0 Å². The van der Waals surface area contributed by atoms with E-state index in [2.05, 4.69) is 66.7 Å². The van der Waals surface area contributed by atoms with Gasteiger partial charge in [-0.2, -0.15) is 5.10 Å². The van der Waals surface area contributed by atoms with E-state index in [1.165, 1.54) is 5.39 Å². The van der Waals surface area contributed by atoms with E-state index < -0.39 is 7.14 Å². The molecule has 2 heterocycles. The molecule has 0 radical (unpaired) electrons. The van der Waals surface area contributed by atoms with Crippen LogP contribution in [0.15, 0.2) is 152 Å². The molecule has 0 amide bonds. The Labute approximate surface area is 227 Å². The van der Waals surface area contributed by atoms with Crippen molar-refractivity contribution in [2.24, 2.45) is 0 Å². The molecule has 0 N–H and O–H groups in total.